The molecule has 33 nitrogen and oxygen atoms in total. The number of nitrogens with two attached hydrogens (primary N) is 1. The number of thioether (sulfide) groups is 2. The molecule has 0 rings (SSSR count). The molecule has 0 bridgehead atoms. The highest BCUT2D eigenvalue weighted by molar-refractivity contribution is 7.99. The van der Waals surface area contributed by atoms with Crippen molar-refractivity contribution < 1.29 is 111 Å². The van der Waals surface area contributed by atoms with Crippen molar-refractivity contribution in [2.75, 3.05) is 116 Å². The zero-order chi connectivity index (χ0) is 78.7. The third-order valence-electron chi connectivity index (χ3n) is 15.9. The molecule has 0 saturated heterocycles. The van der Waals surface area contributed by atoms with Gasteiger partial charge in [0.15, 0.2) is 5.78 Å². The van der Waals surface area contributed by atoms with Crippen LogP contribution in [0.4, 0.5) is 4.79 Å². The number of unbranched alkanes of at least 4 members (excludes halogenated alkanes) is 6. The average molecular weight is 1520 g/mol. The van der Waals surface area contributed by atoms with Crippen molar-refractivity contribution in [2.45, 2.75) is 219 Å². The first-order valence-electron chi connectivity index (χ1n) is 35.9. The van der Waals surface area contributed by atoms with E-state index in [4.69, 9.17) is 53.7 Å². The topological polar surface area (TPSA) is 494 Å². The Balaban J connectivity index is -0.0000164. The second-order valence-electron chi connectivity index (χ2n) is 24.9. The normalized spacial score (nSPS) is 13.1. The molecule has 104 heavy (non-hydrogen) atoms. The molecule has 0 spiro atoms. The summed E-state index contributed by atoms with van der Waals surface area (Å²) >= 11 is 3.14. The Morgan fingerprint density at radius 3 is 1.48 bits per heavy atom. The molecule has 0 aliphatic carbocycles. The fourth-order valence-electron chi connectivity index (χ4n) is 9.72. The monoisotopic (exact) mass is 1520 g/mol. The van der Waals surface area contributed by atoms with Crippen LogP contribution in [-0.4, -0.2) is 246 Å². The van der Waals surface area contributed by atoms with E-state index < -0.39 is 102 Å². The molecule has 0 aliphatic rings. The highest BCUT2D eigenvalue weighted by atomic mass is 32.2. The number of nitrogens with one attached hydrogen (secondary N) is 9. The third kappa shape index (κ3) is 59.3. The number of likely N-dealkylation sites (N-methyl/N-ethyl adjacent to an activating group) is 1. The van der Waals surface area contributed by atoms with Crippen LogP contribution >= 0.6 is 23.5 Å². The summed E-state index contributed by atoms with van der Waals surface area (Å²) in [6.07, 6.45) is 12.3. The Morgan fingerprint density at radius 1 is 0.433 bits per heavy atom. The van der Waals surface area contributed by atoms with E-state index in [-0.39, 0.29) is 87.1 Å². The molecule has 0 aromatic rings. The van der Waals surface area contributed by atoms with Crippen molar-refractivity contribution in [2.24, 2.45) is 23.5 Å². The molecule has 13 N–H and O–H groups in total. The lowest BCUT2D eigenvalue weighted by atomic mass is 9.94. The summed E-state index contributed by atoms with van der Waals surface area (Å²) in [5, 5.41) is 42.5. The maximum atomic E-state index is 14.0. The number of ketones is 2. The van der Waals surface area contributed by atoms with Gasteiger partial charge in [0.25, 0.3) is 0 Å². The maximum absolute atomic E-state index is 14.0. The number of hydrogen-bond acceptors (Lipinski definition) is 24. The highest BCUT2D eigenvalue weighted by Gasteiger charge is 2.35. The van der Waals surface area contributed by atoms with E-state index in [2.05, 4.69) is 47.9 Å². The quantitative estimate of drug-likeness (QED) is 0.0390. The lowest BCUT2D eigenvalue weighted by Crippen LogP contribution is -2.61. The van der Waals surface area contributed by atoms with E-state index in [0.717, 1.165) is 43.6 Å². The lowest BCUT2D eigenvalue weighted by molar-refractivity contribution is -0.193. The molecular weight excluding hydrogens is 1400 g/mol. The molecule has 0 aliphatic heterocycles. The molecule has 0 heterocycles. The van der Waals surface area contributed by atoms with Gasteiger partial charge < -0.3 is 87.5 Å². The van der Waals surface area contributed by atoms with Gasteiger partial charge in [-0.2, -0.15) is 42.7 Å². The SMILES string of the molecule is CC[C@H](C)[C@H](NC(=O)[C@@H](NC(=O)C(CCC(=O)O)NC(=O)[C@H](CCSC)NC(=O)C(CC(C)C)NC(=O)C(CCCCNC(=O)COCC(=O)CCCCOCCOCCOCCOCCCC(=O)CCCNC(=O)CCCCCCCSCCNC(=O)O)NC)[C@@H](C)CC)C(N)=O.O=C=O.O=C=O. The van der Waals surface area contributed by atoms with Crippen molar-refractivity contribution in [1.29, 1.82) is 0 Å². The largest absolute Gasteiger partial charge is 0.481 e. The first-order chi connectivity index (χ1) is 49.7. The average Bonchev–Trinajstić information content (AvgIpc) is 0.851. The van der Waals surface area contributed by atoms with Gasteiger partial charge in [0.2, 0.25) is 47.3 Å². The minimum atomic E-state index is -1.44. The van der Waals surface area contributed by atoms with Crippen molar-refractivity contribution in [3.63, 3.8) is 0 Å². The fraction of sp³-hybridized carbons (Fsp3) is 0.797. The molecule has 0 radical (unpaired) electrons. The van der Waals surface area contributed by atoms with Crippen molar-refractivity contribution in [3.8, 4) is 0 Å². The summed E-state index contributed by atoms with van der Waals surface area (Å²) in [6, 6.07) is -6.64. The summed E-state index contributed by atoms with van der Waals surface area (Å²) in [4.78, 5) is 185. The second-order valence-corrected chi connectivity index (χ2v) is 27.1. The zero-order valence-electron chi connectivity index (χ0n) is 62.4. The molecule has 0 aromatic heterocycles. The van der Waals surface area contributed by atoms with Crippen LogP contribution in [0.3, 0.4) is 0 Å². The van der Waals surface area contributed by atoms with E-state index >= 15 is 0 Å². The number of aliphatic carboxylic acids is 1. The Bertz CT molecular complexity index is 2480. The van der Waals surface area contributed by atoms with Crippen molar-refractivity contribution in [3.05, 3.63) is 0 Å². The number of hydrogen-bond donors (Lipinski definition) is 12. The second kappa shape index (κ2) is 69.1. The van der Waals surface area contributed by atoms with Gasteiger partial charge in [0.05, 0.1) is 45.7 Å². The van der Waals surface area contributed by atoms with Crippen LogP contribution < -0.4 is 53.6 Å². The molecule has 9 amide bonds. The molecule has 0 saturated carbocycles. The maximum Gasteiger partial charge on any atom is 0.404 e. The summed E-state index contributed by atoms with van der Waals surface area (Å²) in [6.45, 7) is 14.9. The Hall–Kier alpha value is -6.94. The van der Waals surface area contributed by atoms with E-state index in [0.29, 0.717) is 149 Å². The number of primary amides is 1. The van der Waals surface area contributed by atoms with E-state index in [1.54, 1.807) is 45.8 Å². The predicted molar refractivity (Wildman–Crippen MR) is 387 cm³/mol. The van der Waals surface area contributed by atoms with E-state index in [1.807, 2.05) is 20.8 Å². The standard InChI is InChI=1S/C67H122N10O19S2.2CO2/c1-9-48(5)59(61(68)84)76-66(89)60(49(6)10-2)77-64(87)53(27-28-58(82)83)73-63(86)54(29-42-97-8)74-65(88)55(44-47(3)4)75-62(85)52(69-7)25-15-17-30-71-57(81)46-96-45-51(79)22-16-18-33-92-35-37-94-39-40-95-38-36-93-34-21-24-50(78)23-20-31-70-56(80)26-14-12-11-13-19-41-98-43-32-72-67(90)91;2*2-1-3/h47-49,52-55,59-60,69,72H,9-46H2,1-8H3,(H2,68,84)(H,70,80)(H,71,81)(H,73,86)(H,74,88)(H,75,85)(H,76,89)(H,77,87)(H,82,83)(H,90,91);;/t48-,49-,52?,53?,54-,55?,59-,60-;;/m0../s1. The Kier molecular flexibility index (Phi) is 67.3. The molecule has 8 atom stereocenters. The van der Waals surface area contributed by atoms with Crippen LogP contribution in [0.2, 0.25) is 0 Å². The van der Waals surface area contributed by atoms with Gasteiger partial charge in [0.1, 0.15) is 49.2 Å². The number of rotatable bonds is 66. The number of ether oxygens (including phenoxy) is 5. The number of carbonyl (C=O) groups excluding carboxylic acids is 14. The smallest absolute Gasteiger partial charge is 0.404 e. The third-order valence-corrected chi connectivity index (χ3v) is 17.6. The summed E-state index contributed by atoms with van der Waals surface area (Å²) in [7, 11) is 1.60. The van der Waals surface area contributed by atoms with Gasteiger partial charge in [-0.25, -0.2) is 4.79 Å². The molecule has 0 aromatic carbocycles. The van der Waals surface area contributed by atoms with Crippen LogP contribution in [0.25, 0.3) is 0 Å². The highest BCUT2D eigenvalue weighted by Crippen LogP contribution is 2.16. The predicted octanol–water partition coefficient (Wildman–Crippen LogP) is 2.77. The van der Waals surface area contributed by atoms with Gasteiger partial charge >= 0.3 is 24.4 Å². The number of carboxylic acid groups (broad SMARTS) is 2. The fourth-order valence-corrected chi connectivity index (χ4v) is 11.0. The van der Waals surface area contributed by atoms with Crippen LogP contribution in [0, 0.1) is 17.8 Å². The summed E-state index contributed by atoms with van der Waals surface area (Å²) < 4.78 is 27.6. The molecule has 0 fully saturated rings. The Morgan fingerprint density at radius 2 is 0.913 bits per heavy atom. The van der Waals surface area contributed by atoms with Gasteiger partial charge in [-0.1, -0.05) is 73.6 Å². The molecular formula is C69H122N10O23S2. The first kappa shape index (κ1) is 101. The van der Waals surface area contributed by atoms with Crippen molar-refractivity contribution >= 4 is 107 Å². The Labute approximate surface area is 621 Å². The first-order valence-corrected chi connectivity index (χ1v) is 38.5. The van der Waals surface area contributed by atoms with Crippen LogP contribution in [0.1, 0.15) is 183 Å². The molecule has 598 valence electrons. The van der Waals surface area contributed by atoms with Crippen LogP contribution in [-0.2, 0) is 95.6 Å². The number of carboxylic acids is 1. The van der Waals surface area contributed by atoms with Gasteiger partial charge in [-0.15, -0.1) is 0 Å². The number of carbonyl (C=O) groups is 12. The number of amides is 9. The zero-order valence-corrected chi connectivity index (χ0v) is 64.1. The minimum absolute atomic E-state index is 0.0163. The van der Waals surface area contributed by atoms with E-state index in [1.165, 1.54) is 11.8 Å². The summed E-state index contributed by atoms with van der Waals surface area (Å²) in [5.41, 5.74) is 5.59. The van der Waals surface area contributed by atoms with E-state index in [9.17, 15) is 62.6 Å². The summed E-state index contributed by atoms with van der Waals surface area (Å²) in [5.74, 6) is -4.43. The van der Waals surface area contributed by atoms with Crippen molar-refractivity contribution in [1.82, 2.24) is 47.9 Å². The molecule has 3 unspecified atom stereocenters. The van der Waals surface area contributed by atoms with Gasteiger partial charge in [-0.05, 0) is 120 Å². The lowest BCUT2D eigenvalue weighted by Gasteiger charge is -2.30. The minimum Gasteiger partial charge on any atom is -0.481 e. The van der Waals surface area contributed by atoms with Crippen LogP contribution in [0.15, 0.2) is 0 Å². The molecule has 35 heteroatoms. The van der Waals surface area contributed by atoms with Gasteiger partial charge in [0, 0.05) is 70.7 Å². The van der Waals surface area contributed by atoms with Crippen LogP contribution in [0.5, 0.6) is 0 Å². The van der Waals surface area contributed by atoms with Gasteiger partial charge in [-0.3, -0.25) is 52.7 Å². The number of Topliss-reactive ketones (excluding diaryl/α,β-unsaturated/α-hetero) is 2.